The van der Waals surface area contributed by atoms with E-state index in [0.29, 0.717) is 31.3 Å². The second-order valence-electron chi connectivity index (χ2n) is 5.11. The lowest BCUT2D eigenvalue weighted by molar-refractivity contribution is -0.136. The third kappa shape index (κ3) is 2.85. The number of ether oxygens (including phenoxy) is 2. The Labute approximate surface area is 115 Å². The summed E-state index contributed by atoms with van der Waals surface area (Å²) in [5.41, 5.74) is 1.96. The molecule has 0 saturated heterocycles. The smallest absolute Gasteiger partial charge is 0.389 e. The van der Waals surface area contributed by atoms with Crippen molar-refractivity contribution in [3.8, 4) is 11.5 Å². The second-order valence-corrected chi connectivity index (χ2v) is 5.11. The van der Waals surface area contributed by atoms with Gasteiger partial charge in [-0.3, -0.25) is 0 Å². The lowest BCUT2D eigenvalue weighted by Gasteiger charge is -2.29. The van der Waals surface area contributed by atoms with Gasteiger partial charge in [-0.05, 0) is 42.6 Å². The van der Waals surface area contributed by atoms with Crippen LogP contribution >= 0.6 is 0 Å². The molecule has 3 nitrogen and oxygen atoms in total. The largest absolute Gasteiger partial charge is 0.486 e. The van der Waals surface area contributed by atoms with Crippen LogP contribution in [0.5, 0.6) is 11.5 Å². The van der Waals surface area contributed by atoms with Gasteiger partial charge in [-0.15, -0.1) is 0 Å². The van der Waals surface area contributed by atoms with Gasteiger partial charge in [0.15, 0.2) is 11.5 Å². The van der Waals surface area contributed by atoms with Gasteiger partial charge in [0.05, 0.1) is 0 Å². The first kappa shape index (κ1) is 13.5. The van der Waals surface area contributed by atoms with Gasteiger partial charge in [-0.25, -0.2) is 0 Å². The van der Waals surface area contributed by atoms with E-state index in [1.807, 2.05) is 12.1 Å². The topological polar surface area (TPSA) is 30.5 Å². The summed E-state index contributed by atoms with van der Waals surface area (Å²) in [5, 5.41) is 3.16. The number of rotatable bonds is 2. The van der Waals surface area contributed by atoms with Crippen LogP contribution in [0.2, 0.25) is 0 Å². The standard InChI is InChI=1S/C14H16F3NO2/c15-14(16,17)3-1-11-10-8-13-12(19-5-6-20-13)7-9(10)2-4-18-11/h7-8,11,18H,1-6H2. The summed E-state index contributed by atoms with van der Waals surface area (Å²) in [4.78, 5) is 0. The third-order valence-corrected chi connectivity index (χ3v) is 3.68. The third-order valence-electron chi connectivity index (χ3n) is 3.68. The molecule has 1 aromatic carbocycles. The summed E-state index contributed by atoms with van der Waals surface area (Å²) in [7, 11) is 0. The van der Waals surface area contributed by atoms with Gasteiger partial charge in [-0.1, -0.05) is 0 Å². The molecule has 0 aromatic heterocycles. The average molecular weight is 287 g/mol. The van der Waals surface area contributed by atoms with Crippen molar-refractivity contribution in [1.82, 2.24) is 5.32 Å². The van der Waals surface area contributed by atoms with Gasteiger partial charge in [0.1, 0.15) is 13.2 Å². The van der Waals surface area contributed by atoms with Crippen LogP contribution < -0.4 is 14.8 Å². The summed E-state index contributed by atoms with van der Waals surface area (Å²) in [5.74, 6) is 1.34. The Morgan fingerprint density at radius 2 is 1.85 bits per heavy atom. The molecule has 2 heterocycles. The zero-order valence-corrected chi connectivity index (χ0v) is 10.9. The maximum Gasteiger partial charge on any atom is 0.389 e. The molecule has 0 bridgehead atoms. The molecule has 1 atom stereocenters. The molecule has 2 aliphatic rings. The van der Waals surface area contributed by atoms with Gasteiger partial charge in [0, 0.05) is 12.5 Å². The van der Waals surface area contributed by atoms with Gasteiger partial charge in [0.25, 0.3) is 0 Å². The fraction of sp³-hybridized carbons (Fsp3) is 0.571. The summed E-state index contributed by atoms with van der Waals surface area (Å²) in [6, 6.07) is 3.47. The lowest BCUT2D eigenvalue weighted by Crippen LogP contribution is -2.31. The van der Waals surface area contributed by atoms with Gasteiger partial charge >= 0.3 is 6.18 Å². The summed E-state index contributed by atoms with van der Waals surface area (Å²) < 4.78 is 48.2. The maximum absolute atomic E-state index is 12.4. The van der Waals surface area contributed by atoms with Crippen molar-refractivity contribution in [3.05, 3.63) is 23.3 Å². The number of benzene rings is 1. The highest BCUT2D eigenvalue weighted by Gasteiger charge is 2.31. The number of nitrogens with one attached hydrogen (secondary N) is 1. The van der Waals surface area contributed by atoms with Crippen molar-refractivity contribution in [2.24, 2.45) is 0 Å². The lowest BCUT2D eigenvalue weighted by atomic mass is 9.91. The van der Waals surface area contributed by atoms with E-state index in [0.717, 1.165) is 17.5 Å². The molecule has 1 aromatic rings. The van der Waals surface area contributed by atoms with Gasteiger partial charge in [-0.2, -0.15) is 13.2 Å². The van der Waals surface area contributed by atoms with Crippen LogP contribution in [0.15, 0.2) is 12.1 Å². The number of hydrogen-bond donors (Lipinski definition) is 1. The Hall–Kier alpha value is -1.43. The summed E-state index contributed by atoms with van der Waals surface area (Å²) in [6.07, 6.45) is -4.05. The molecule has 0 saturated carbocycles. The number of halogens is 3. The van der Waals surface area contributed by atoms with Crippen molar-refractivity contribution in [2.45, 2.75) is 31.5 Å². The van der Waals surface area contributed by atoms with E-state index in [-0.39, 0.29) is 12.5 Å². The molecule has 0 aliphatic carbocycles. The molecule has 3 rings (SSSR count). The molecule has 1 N–H and O–H groups in total. The second kappa shape index (κ2) is 5.16. The minimum atomic E-state index is -4.12. The van der Waals surface area contributed by atoms with Crippen molar-refractivity contribution < 1.29 is 22.6 Å². The van der Waals surface area contributed by atoms with Crippen LogP contribution in [0.25, 0.3) is 0 Å². The predicted molar refractivity (Wildman–Crippen MR) is 67.2 cm³/mol. The van der Waals surface area contributed by atoms with E-state index in [2.05, 4.69) is 5.32 Å². The fourth-order valence-electron chi connectivity index (χ4n) is 2.74. The zero-order chi connectivity index (χ0) is 14.2. The first-order valence-electron chi connectivity index (χ1n) is 6.75. The van der Waals surface area contributed by atoms with E-state index >= 15 is 0 Å². The molecule has 1 unspecified atom stereocenters. The highest BCUT2D eigenvalue weighted by molar-refractivity contribution is 5.50. The molecular formula is C14H16F3NO2. The van der Waals surface area contributed by atoms with E-state index in [1.54, 1.807) is 0 Å². The van der Waals surface area contributed by atoms with Crippen molar-refractivity contribution in [3.63, 3.8) is 0 Å². The van der Waals surface area contributed by atoms with Crippen molar-refractivity contribution in [2.75, 3.05) is 19.8 Å². The van der Waals surface area contributed by atoms with Gasteiger partial charge < -0.3 is 14.8 Å². The minimum absolute atomic E-state index is 0.0517. The van der Waals surface area contributed by atoms with Gasteiger partial charge in [0.2, 0.25) is 0 Å². The molecule has 0 spiro atoms. The Morgan fingerprint density at radius 1 is 1.15 bits per heavy atom. The number of fused-ring (bicyclic) bond motifs is 2. The molecular weight excluding hydrogens is 271 g/mol. The first-order chi connectivity index (χ1) is 9.53. The van der Waals surface area contributed by atoms with E-state index in [1.165, 1.54) is 0 Å². The van der Waals surface area contributed by atoms with Crippen LogP contribution in [0.4, 0.5) is 13.2 Å². The number of alkyl halides is 3. The first-order valence-corrected chi connectivity index (χ1v) is 6.75. The van der Waals surface area contributed by atoms with E-state index < -0.39 is 12.6 Å². The quantitative estimate of drug-likeness (QED) is 0.907. The number of hydrogen-bond acceptors (Lipinski definition) is 3. The van der Waals surface area contributed by atoms with Crippen molar-refractivity contribution in [1.29, 1.82) is 0 Å². The zero-order valence-electron chi connectivity index (χ0n) is 10.9. The molecule has 2 aliphatic heterocycles. The fourth-order valence-corrected chi connectivity index (χ4v) is 2.74. The Balaban J connectivity index is 1.84. The van der Waals surface area contributed by atoms with Crippen LogP contribution in [0.3, 0.4) is 0 Å². The normalized spacial score (nSPS) is 21.4. The molecule has 20 heavy (non-hydrogen) atoms. The van der Waals surface area contributed by atoms with Crippen LogP contribution in [0, 0.1) is 0 Å². The Kier molecular flexibility index (Phi) is 3.50. The van der Waals surface area contributed by atoms with E-state index in [9.17, 15) is 13.2 Å². The monoisotopic (exact) mass is 287 g/mol. The van der Waals surface area contributed by atoms with E-state index in [4.69, 9.17) is 9.47 Å². The molecule has 6 heteroatoms. The Bertz CT molecular complexity index is 502. The molecule has 110 valence electrons. The van der Waals surface area contributed by atoms with Crippen LogP contribution in [-0.2, 0) is 6.42 Å². The highest BCUT2D eigenvalue weighted by atomic mass is 19.4. The Morgan fingerprint density at radius 3 is 2.55 bits per heavy atom. The average Bonchev–Trinajstić information content (AvgIpc) is 2.42. The predicted octanol–water partition coefficient (Wildman–Crippen LogP) is 2.99. The molecule has 0 radical (unpaired) electrons. The highest BCUT2D eigenvalue weighted by Crippen LogP contribution is 2.39. The maximum atomic E-state index is 12.4. The molecule has 0 fully saturated rings. The molecule has 0 amide bonds. The van der Waals surface area contributed by atoms with Crippen LogP contribution in [-0.4, -0.2) is 25.9 Å². The minimum Gasteiger partial charge on any atom is -0.486 e. The SMILES string of the molecule is FC(F)(F)CCC1NCCc2cc3c(cc21)OCCO3. The van der Waals surface area contributed by atoms with Crippen LogP contribution in [0.1, 0.15) is 30.0 Å². The summed E-state index contributed by atoms with van der Waals surface area (Å²) >= 11 is 0. The summed E-state index contributed by atoms with van der Waals surface area (Å²) in [6.45, 7) is 1.68. The van der Waals surface area contributed by atoms with Crippen molar-refractivity contribution >= 4 is 0 Å².